The van der Waals surface area contributed by atoms with Crippen molar-refractivity contribution in [2.45, 2.75) is 64.3 Å². The van der Waals surface area contributed by atoms with Crippen LogP contribution in [0.25, 0.3) is 0 Å². The summed E-state index contributed by atoms with van der Waals surface area (Å²) in [5.41, 5.74) is 4.68. The molecule has 1 saturated heterocycles. The quantitative estimate of drug-likeness (QED) is 0.255. The molecule has 200 valence electrons. The number of ether oxygens (including phenoxy) is 2. The Bertz CT molecular complexity index is 1290. The molecule has 0 saturated carbocycles. The summed E-state index contributed by atoms with van der Waals surface area (Å²) in [6.45, 7) is 8.84. The van der Waals surface area contributed by atoms with Gasteiger partial charge in [-0.3, -0.25) is 4.79 Å². The first kappa shape index (κ1) is 28.2. The highest BCUT2D eigenvalue weighted by atomic mass is 35.5. The summed E-state index contributed by atoms with van der Waals surface area (Å²) in [6.07, 6.45) is 2.30. The molecular formula is C32H34Cl2O4. The van der Waals surface area contributed by atoms with Gasteiger partial charge in [-0.05, 0) is 72.9 Å². The average Bonchev–Trinajstić information content (AvgIpc) is 2.87. The second-order valence-corrected chi connectivity index (χ2v) is 11.0. The molecule has 1 aliphatic heterocycles. The van der Waals surface area contributed by atoms with Gasteiger partial charge in [-0.2, -0.15) is 0 Å². The molecule has 4 rings (SSSR count). The van der Waals surface area contributed by atoms with E-state index in [1.807, 2.05) is 67.6 Å². The van der Waals surface area contributed by atoms with Gasteiger partial charge in [0.1, 0.15) is 12.4 Å². The van der Waals surface area contributed by atoms with E-state index in [2.05, 4.69) is 19.6 Å². The second-order valence-electron chi connectivity index (χ2n) is 10.1. The highest BCUT2D eigenvalue weighted by molar-refractivity contribution is 6.30. The van der Waals surface area contributed by atoms with Crippen LogP contribution in [0.3, 0.4) is 0 Å². The largest absolute Gasteiger partial charge is 0.489 e. The Morgan fingerprint density at radius 1 is 1.05 bits per heavy atom. The van der Waals surface area contributed by atoms with Crippen molar-refractivity contribution < 1.29 is 19.4 Å². The van der Waals surface area contributed by atoms with Crippen LogP contribution in [0.2, 0.25) is 10.0 Å². The Hall–Kier alpha value is -2.79. The maximum Gasteiger partial charge on any atom is 0.307 e. The summed E-state index contributed by atoms with van der Waals surface area (Å²) in [6, 6.07) is 21.2. The Labute approximate surface area is 235 Å². The van der Waals surface area contributed by atoms with E-state index < -0.39 is 5.97 Å². The fraction of sp³-hybridized carbons (Fsp3) is 0.344. The highest BCUT2D eigenvalue weighted by Crippen LogP contribution is 2.49. The van der Waals surface area contributed by atoms with Crippen LogP contribution in [-0.4, -0.2) is 17.2 Å². The third kappa shape index (κ3) is 6.99. The summed E-state index contributed by atoms with van der Waals surface area (Å²) in [5, 5.41) is 10.8. The zero-order valence-corrected chi connectivity index (χ0v) is 23.3. The van der Waals surface area contributed by atoms with Gasteiger partial charge in [0.15, 0.2) is 0 Å². The van der Waals surface area contributed by atoms with Gasteiger partial charge in [0.05, 0.1) is 18.6 Å². The van der Waals surface area contributed by atoms with Crippen LogP contribution in [0, 0.1) is 5.92 Å². The van der Waals surface area contributed by atoms with E-state index in [1.165, 1.54) is 0 Å². The Kier molecular flexibility index (Phi) is 9.54. The SMILES string of the molecule is C=C(C)[C@H]1C[C@H](c2cccc(Cl)c2)[C@H](CCC)O[C@@H]1c1cc(CC(=O)O)ccc1OCc1cccc(Cl)c1. The van der Waals surface area contributed by atoms with Crippen molar-refractivity contribution >= 4 is 29.2 Å². The van der Waals surface area contributed by atoms with Crippen molar-refractivity contribution in [3.05, 3.63) is 111 Å². The number of halogens is 2. The maximum atomic E-state index is 11.5. The molecule has 3 aromatic carbocycles. The summed E-state index contributed by atoms with van der Waals surface area (Å²) in [7, 11) is 0. The van der Waals surface area contributed by atoms with Gasteiger partial charge in [-0.15, -0.1) is 0 Å². The van der Waals surface area contributed by atoms with E-state index in [-0.39, 0.29) is 30.5 Å². The lowest BCUT2D eigenvalue weighted by Gasteiger charge is -2.43. The predicted molar refractivity (Wildman–Crippen MR) is 153 cm³/mol. The Balaban J connectivity index is 1.72. The molecular weight excluding hydrogens is 519 g/mol. The van der Waals surface area contributed by atoms with E-state index in [0.717, 1.165) is 41.5 Å². The van der Waals surface area contributed by atoms with E-state index in [0.29, 0.717) is 28.0 Å². The maximum absolute atomic E-state index is 11.5. The fourth-order valence-corrected chi connectivity index (χ4v) is 5.75. The minimum absolute atomic E-state index is 0.0145. The molecule has 3 aromatic rings. The van der Waals surface area contributed by atoms with Crippen LogP contribution < -0.4 is 4.74 Å². The number of carboxylic acid groups (broad SMARTS) is 1. The smallest absolute Gasteiger partial charge is 0.307 e. The van der Waals surface area contributed by atoms with Crippen LogP contribution in [-0.2, 0) is 22.6 Å². The lowest BCUT2D eigenvalue weighted by molar-refractivity contribution is -0.136. The minimum atomic E-state index is -0.880. The van der Waals surface area contributed by atoms with Gasteiger partial charge in [0.25, 0.3) is 0 Å². The van der Waals surface area contributed by atoms with E-state index in [4.69, 9.17) is 32.7 Å². The molecule has 0 aromatic heterocycles. The van der Waals surface area contributed by atoms with Crippen molar-refractivity contribution in [2.75, 3.05) is 0 Å². The number of carboxylic acids is 1. The first-order chi connectivity index (χ1) is 18.2. The minimum Gasteiger partial charge on any atom is -0.489 e. The van der Waals surface area contributed by atoms with Gasteiger partial charge in [-0.1, -0.05) is 79.0 Å². The third-order valence-corrected chi connectivity index (χ3v) is 7.62. The van der Waals surface area contributed by atoms with Crippen LogP contribution in [0.15, 0.2) is 78.9 Å². The molecule has 4 nitrogen and oxygen atoms in total. The number of rotatable bonds is 10. The van der Waals surface area contributed by atoms with Crippen LogP contribution in [0.4, 0.5) is 0 Å². The first-order valence-corrected chi connectivity index (χ1v) is 13.8. The Morgan fingerprint density at radius 3 is 2.45 bits per heavy atom. The summed E-state index contributed by atoms with van der Waals surface area (Å²) in [4.78, 5) is 11.5. The van der Waals surface area contributed by atoms with Crippen LogP contribution in [0.1, 0.15) is 67.4 Å². The molecule has 0 aliphatic carbocycles. The highest BCUT2D eigenvalue weighted by Gasteiger charge is 2.40. The van der Waals surface area contributed by atoms with Gasteiger partial charge in [-0.25, -0.2) is 0 Å². The number of hydrogen-bond acceptors (Lipinski definition) is 3. The summed E-state index contributed by atoms with van der Waals surface area (Å²) < 4.78 is 13.2. The summed E-state index contributed by atoms with van der Waals surface area (Å²) in [5.74, 6) is -0.0217. The molecule has 0 amide bonds. The topological polar surface area (TPSA) is 55.8 Å². The van der Waals surface area contributed by atoms with Crippen molar-refractivity contribution in [3.8, 4) is 5.75 Å². The average molecular weight is 554 g/mol. The standard InChI is InChI=1S/C32H34Cl2O4/c1-4-7-30-27(23-9-6-11-25(34)17-23)18-26(20(2)3)32(38-30)28-15-21(16-31(35)36)12-13-29(28)37-19-22-8-5-10-24(33)14-22/h5-6,8-15,17,26-27,30,32H,2,4,7,16,18-19H2,1,3H3,(H,35,36)/t26-,27-,30+,32+/m1/s1. The van der Waals surface area contributed by atoms with Crippen molar-refractivity contribution in [1.82, 2.24) is 0 Å². The van der Waals surface area contributed by atoms with E-state index in [9.17, 15) is 9.90 Å². The monoisotopic (exact) mass is 552 g/mol. The second kappa shape index (κ2) is 12.8. The molecule has 0 radical (unpaired) electrons. The molecule has 1 N–H and O–H groups in total. The van der Waals surface area contributed by atoms with E-state index in [1.54, 1.807) is 0 Å². The normalized spacial score (nSPS) is 21.2. The molecule has 6 heteroatoms. The molecule has 1 fully saturated rings. The fourth-order valence-electron chi connectivity index (χ4n) is 5.34. The number of hydrogen-bond donors (Lipinski definition) is 1. The lowest BCUT2D eigenvalue weighted by atomic mass is 9.74. The number of benzene rings is 3. The Morgan fingerprint density at radius 2 is 1.79 bits per heavy atom. The van der Waals surface area contributed by atoms with Gasteiger partial charge in [0, 0.05) is 27.4 Å². The van der Waals surface area contributed by atoms with Crippen LogP contribution >= 0.6 is 23.2 Å². The first-order valence-electron chi connectivity index (χ1n) is 13.0. The third-order valence-electron chi connectivity index (χ3n) is 7.15. The predicted octanol–water partition coefficient (Wildman–Crippen LogP) is 8.81. The van der Waals surface area contributed by atoms with E-state index >= 15 is 0 Å². The van der Waals surface area contributed by atoms with Gasteiger partial charge in [0.2, 0.25) is 0 Å². The number of aliphatic carboxylic acids is 1. The molecule has 38 heavy (non-hydrogen) atoms. The van der Waals surface area contributed by atoms with Crippen molar-refractivity contribution in [2.24, 2.45) is 5.92 Å². The van der Waals surface area contributed by atoms with Gasteiger partial charge >= 0.3 is 5.97 Å². The number of carbonyl (C=O) groups is 1. The molecule has 1 heterocycles. The molecule has 0 bridgehead atoms. The molecule has 4 atom stereocenters. The lowest BCUT2D eigenvalue weighted by Crippen LogP contribution is -2.36. The molecule has 1 aliphatic rings. The molecule has 0 unspecified atom stereocenters. The molecule has 0 spiro atoms. The zero-order chi connectivity index (χ0) is 27.2. The summed E-state index contributed by atoms with van der Waals surface area (Å²) >= 11 is 12.5. The van der Waals surface area contributed by atoms with Crippen LogP contribution in [0.5, 0.6) is 5.75 Å². The van der Waals surface area contributed by atoms with Crippen molar-refractivity contribution in [1.29, 1.82) is 0 Å². The van der Waals surface area contributed by atoms with Gasteiger partial charge < -0.3 is 14.6 Å². The van der Waals surface area contributed by atoms with Crippen molar-refractivity contribution in [3.63, 3.8) is 0 Å². The zero-order valence-electron chi connectivity index (χ0n) is 21.8.